The van der Waals surface area contributed by atoms with E-state index in [0.717, 1.165) is 48.4 Å². The van der Waals surface area contributed by atoms with E-state index in [2.05, 4.69) is 17.2 Å². The SMILES string of the molecule is C/C(=C\c1csc(C)n1)[C@@H]1C[C@@H]2C[C@]2(C)CCC[C@H](C)[C@H](O)[C@@H](C)C(=O)C(C)(C)[C@@H](O)CC(=O)N1.CC.CC. The lowest BCUT2D eigenvalue weighted by Gasteiger charge is -2.35. The zero-order valence-corrected chi connectivity index (χ0v) is 27.2. The van der Waals surface area contributed by atoms with Gasteiger partial charge in [-0.3, -0.25) is 9.59 Å². The minimum absolute atomic E-state index is 0.00149. The third kappa shape index (κ3) is 9.50. The minimum atomic E-state index is -1.14. The Morgan fingerprint density at radius 3 is 2.31 bits per heavy atom. The molecule has 2 fully saturated rings. The first kappa shape index (κ1) is 35.5. The topological polar surface area (TPSA) is 99.5 Å². The van der Waals surface area contributed by atoms with E-state index in [1.54, 1.807) is 32.1 Å². The molecule has 2 heterocycles. The molecule has 7 heteroatoms. The minimum Gasteiger partial charge on any atom is -0.392 e. The van der Waals surface area contributed by atoms with E-state index < -0.39 is 23.5 Å². The Morgan fingerprint density at radius 2 is 1.74 bits per heavy atom. The Kier molecular flexibility index (Phi) is 14.0. The van der Waals surface area contributed by atoms with Crippen LogP contribution in [-0.2, 0) is 9.59 Å². The van der Waals surface area contributed by atoms with Crippen molar-refractivity contribution in [1.29, 1.82) is 0 Å². The highest BCUT2D eigenvalue weighted by atomic mass is 32.1. The number of hydrogen-bond donors (Lipinski definition) is 3. The third-order valence-electron chi connectivity index (χ3n) is 8.72. The maximum atomic E-state index is 13.3. The number of thiazole rings is 1. The standard InChI is InChI=1S/C28H44N2O4S.2C2H6/c1-16-9-8-10-28(7)14-20(28)12-22(17(2)11-21-15-35-19(4)29-21)30-24(32)13-23(31)27(5,6)26(34)18(3)25(16)33;2*1-2/h11,15-16,18,20,22-23,25,31,33H,8-10,12-14H2,1-7H3,(H,30,32);2*1-2H3/b17-11+;;/t16-,18+,20+,22-,23-,25-,28-;;/m0../s1. The van der Waals surface area contributed by atoms with Crippen molar-refractivity contribution in [2.45, 2.75) is 133 Å². The van der Waals surface area contributed by atoms with Gasteiger partial charge >= 0.3 is 0 Å². The largest absolute Gasteiger partial charge is 0.392 e. The second kappa shape index (κ2) is 15.4. The first-order valence-electron chi connectivity index (χ1n) is 15.0. The molecule has 1 aromatic rings. The van der Waals surface area contributed by atoms with E-state index in [4.69, 9.17) is 0 Å². The Labute approximate surface area is 242 Å². The Bertz CT molecular complexity index is 956. The molecule has 1 aliphatic heterocycles. The molecule has 3 rings (SSSR count). The molecule has 3 N–H and O–H groups in total. The van der Waals surface area contributed by atoms with Crippen LogP contribution in [0.5, 0.6) is 0 Å². The van der Waals surface area contributed by atoms with E-state index in [1.807, 2.05) is 59.9 Å². The second-order valence-corrected chi connectivity index (χ2v) is 13.1. The molecule has 1 aromatic heterocycles. The highest BCUT2D eigenvalue weighted by Crippen LogP contribution is 2.58. The molecule has 6 nitrogen and oxygen atoms in total. The lowest BCUT2D eigenvalue weighted by molar-refractivity contribution is -0.143. The summed E-state index contributed by atoms with van der Waals surface area (Å²) in [4.78, 5) is 30.9. The quantitative estimate of drug-likeness (QED) is 0.360. The summed E-state index contributed by atoms with van der Waals surface area (Å²) >= 11 is 1.60. The van der Waals surface area contributed by atoms with Crippen LogP contribution in [0.3, 0.4) is 0 Å². The van der Waals surface area contributed by atoms with Crippen molar-refractivity contribution < 1.29 is 19.8 Å². The van der Waals surface area contributed by atoms with Gasteiger partial charge in [-0.15, -0.1) is 11.3 Å². The van der Waals surface area contributed by atoms with Crippen LogP contribution in [0.2, 0.25) is 0 Å². The number of aliphatic hydroxyl groups excluding tert-OH is 2. The first-order valence-corrected chi connectivity index (χ1v) is 15.9. The van der Waals surface area contributed by atoms with Gasteiger partial charge in [-0.1, -0.05) is 68.7 Å². The summed E-state index contributed by atoms with van der Waals surface area (Å²) in [6, 6.07) is -0.144. The maximum Gasteiger partial charge on any atom is 0.223 e. The fourth-order valence-corrected chi connectivity index (χ4v) is 6.25. The zero-order chi connectivity index (χ0) is 30.1. The lowest BCUT2D eigenvalue weighted by atomic mass is 9.72. The van der Waals surface area contributed by atoms with Crippen LogP contribution in [0.25, 0.3) is 6.08 Å². The molecule has 224 valence electrons. The number of aliphatic hydroxyl groups is 2. The average Bonchev–Trinajstić information content (AvgIpc) is 3.35. The summed E-state index contributed by atoms with van der Waals surface area (Å²) in [6.07, 6.45) is 4.92. The summed E-state index contributed by atoms with van der Waals surface area (Å²) < 4.78 is 0. The molecule has 0 spiro atoms. The van der Waals surface area contributed by atoms with Crippen molar-refractivity contribution in [3.05, 3.63) is 21.7 Å². The van der Waals surface area contributed by atoms with Crippen LogP contribution in [0.4, 0.5) is 0 Å². The molecule has 2 aliphatic rings. The molecule has 1 aliphatic carbocycles. The number of Topliss-reactive ketones (excluding diaryl/α,β-unsaturated/α-hetero) is 1. The summed E-state index contributed by atoms with van der Waals surface area (Å²) in [5.41, 5.74) is 1.06. The monoisotopic (exact) mass is 564 g/mol. The van der Waals surface area contributed by atoms with Crippen LogP contribution < -0.4 is 5.32 Å². The summed E-state index contributed by atoms with van der Waals surface area (Å²) in [5.74, 6) is -0.553. The predicted octanol–water partition coefficient (Wildman–Crippen LogP) is 6.97. The van der Waals surface area contributed by atoms with Crippen molar-refractivity contribution in [3.63, 3.8) is 0 Å². The molecule has 1 saturated heterocycles. The predicted molar refractivity (Wildman–Crippen MR) is 164 cm³/mol. The van der Waals surface area contributed by atoms with E-state index in [0.29, 0.717) is 5.92 Å². The Morgan fingerprint density at radius 1 is 1.13 bits per heavy atom. The molecule has 0 radical (unpaired) electrons. The van der Waals surface area contributed by atoms with Crippen LogP contribution in [0, 0.1) is 35.5 Å². The molecule has 7 atom stereocenters. The number of nitrogens with one attached hydrogen (secondary N) is 1. The number of carbonyl (C=O) groups excluding carboxylic acids is 2. The van der Waals surface area contributed by atoms with Crippen LogP contribution in [0.15, 0.2) is 11.0 Å². The van der Waals surface area contributed by atoms with Gasteiger partial charge in [0.2, 0.25) is 5.91 Å². The number of nitrogens with zero attached hydrogens (tertiary/aromatic N) is 1. The number of ketones is 1. The fourth-order valence-electron chi connectivity index (χ4n) is 5.68. The molecule has 1 saturated carbocycles. The van der Waals surface area contributed by atoms with Crippen molar-refractivity contribution in [2.75, 3.05) is 0 Å². The maximum absolute atomic E-state index is 13.3. The number of amides is 1. The lowest BCUT2D eigenvalue weighted by Crippen LogP contribution is -2.47. The highest BCUT2D eigenvalue weighted by molar-refractivity contribution is 7.09. The van der Waals surface area contributed by atoms with Gasteiger partial charge in [0, 0.05) is 11.3 Å². The van der Waals surface area contributed by atoms with Gasteiger partial charge in [0.05, 0.1) is 40.8 Å². The van der Waals surface area contributed by atoms with Gasteiger partial charge in [0.15, 0.2) is 0 Å². The number of hydrogen-bond acceptors (Lipinski definition) is 6. The van der Waals surface area contributed by atoms with Gasteiger partial charge in [-0.2, -0.15) is 0 Å². The van der Waals surface area contributed by atoms with Crippen LogP contribution >= 0.6 is 11.3 Å². The van der Waals surface area contributed by atoms with E-state index >= 15 is 0 Å². The molecule has 0 aromatic carbocycles. The third-order valence-corrected chi connectivity index (χ3v) is 9.51. The van der Waals surface area contributed by atoms with Gasteiger partial charge in [0.25, 0.3) is 0 Å². The molecule has 39 heavy (non-hydrogen) atoms. The zero-order valence-electron chi connectivity index (χ0n) is 26.4. The van der Waals surface area contributed by atoms with E-state index in [1.165, 1.54) is 0 Å². The fraction of sp³-hybridized carbons (Fsp3) is 0.781. The highest BCUT2D eigenvalue weighted by Gasteiger charge is 2.50. The van der Waals surface area contributed by atoms with Crippen LogP contribution in [-0.4, -0.2) is 45.1 Å². The first-order chi connectivity index (χ1) is 18.2. The summed E-state index contributed by atoms with van der Waals surface area (Å²) in [6.45, 7) is 21.4. The Balaban J connectivity index is 0.00000181. The molecule has 0 bridgehead atoms. The molecule has 0 unspecified atom stereocenters. The number of aromatic nitrogens is 1. The van der Waals surface area contributed by atoms with Crippen molar-refractivity contribution in [1.82, 2.24) is 10.3 Å². The van der Waals surface area contributed by atoms with Gasteiger partial charge in [-0.05, 0) is 68.4 Å². The van der Waals surface area contributed by atoms with Crippen molar-refractivity contribution in [3.8, 4) is 0 Å². The molecular weight excluding hydrogens is 508 g/mol. The van der Waals surface area contributed by atoms with Crippen LogP contribution in [0.1, 0.15) is 118 Å². The van der Waals surface area contributed by atoms with Gasteiger partial charge in [0.1, 0.15) is 5.78 Å². The average molecular weight is 565 g/mol. The van der Waals surface area contributed by atoms with Crippen molar-refractivity contribution in [2.24, 2.45) is 28.6 Å². The Hall–Kier alpha value is -1.57. The van der Waals surface area contributed by atoms with Gasteiger partial charge < -0.3 is 15.5 Å². The molecular formula is C32H56N2O4S. The number of rotatable bonds is 2. The van der Waals surface area contributed by atoms with E-state index in [-0.39, 0.29) is 35.5 Å². The summed E-state index contributed by atoms with van der Waals surface area (Å²) in [5, 5.41) is 28.0. The number of carbonyl (C=O) groups is 2. The second-order valence-electron chi connectivity index (χ2n) is 12.0. The van der Waals surface area contributed by atoms with Crippen molar-refractivity contribution >= 4 is 29.1 Å². The molecule has 1 amide bonds. The smallest absolute Gasteiger partial charge is 0.223 e. The van der Waals surface area contributed by atoms with E-state index in [9.17, 15) is 19.8 Å². The summed E-state index contributed by atoms with van der Waals surface area (Å²) in [7, 11) is 0. The number of fused-ring (bicyclic) bond motifs is 1. The van der Waals surface area contributed by atoms with Gasteiger partial charge in [-0.25, -0.2) is 4.98 Å². The normalized spacial score (nSPS) is 33.9. The number of aryl methyl sites for hydroxylation is 1.